The van der Waals surface area contributed by atoms with Crippen molar-refractivity contribution in [2.24, 2.45) is 0 Å². The molecule has 100 valence electrons. The summed E-state index contributed by atoms with van der Waals surface area (Å²) in [7, 11) is -3.33. The molecule has 1 unspecified atom stereocenters. The highest BCUT2D eigenvalue weighted by atomic mass is 32.2. The van der Waals surface area contributed by atoms with Gasteiger partial charge in [0.25, 0.3) is 0 Å². The minimum Gasteiger partial charge on any atom is -0.313 e. The van der Waals surface area contributed by atoms with Gasteiger partial charge in [-0.1, -0.05) is 6.42 Å². The van der Waals surface area contributed by atoms with Crippen LogP contribution in [0.15, 0.2) is 18.3 Å². The van der Waals surface area contributed by atoms with Crippen molar-refractivity contribution in [3.05, 3.63) is 23.9 Å². The molecule has 0 bridgehead atoms. The second-order valence-corrected chi connectivity index (χ2v) is 6.52. The third kappa shape index (κ3) is 3.96. The van der Waals surface area contributed by atoms with Crippen LogP contribution in [-0.4, -0.2) is 31.7 Å². The Morgan fingerprint density at radius 3 is 3.00 bits per heavy atom. The molecular weight excluding hydrogens is 250 g/mol. The molecule has 0 spiro atoms. The normalized spacial score (nSPS) is 20.6. The molecule has 1 fully saturated rings. The summed E-state index contributed by atoms with van der Waals surface area (Å²) in [5, 5.41) is 3.23. The van der Waals surface area contributed by atoms with Crippen molar-refractivity contribution in [3.8, 4) is 0 Å². The highest BCUT2D eigenvalue weighted by Crippen LogP contribution is 2.12. The Kier molecular flexibility index (Phi) is 4.19. The molecule has 1 aromatic rings. The Morgan fingerprint density at radius 2 is 2.33 bits per heavy atom. The van der Waals surface area contributed by atoms with Gasteiger partial charge >= 0.3 is 0 Å². The molecule has 0 aromatic carbocycles. The van der Waals surface area contributed by atoms with E-state index in [1.807, 2.05) is 13.0 Å². The highest BCUT2D eigenvalue weighted by molar-refractivity contribution is 7.92. The van der Waals surface area contributed by atoms with Gasteiger partial charge < -0.3 is 5.32 Å². The lowest BCUT2D eigenvalue weighted by Crippen LogP contribution is -2.40. The zero-order valence-electron chi connectivity index (χ0n) is 10.5. The minimum atomic E-state index is -3.33. The average molecular weight is 269 g/mol. The van der Waals surface area contributed by atoms with Crippen LogP contribution >= 0.6 is 0 Å². The first-order valence-electron chi connectivity index (χ1n) is 6.22. The number of hydrogen-bond donors (Lipinski definition) is 2. The Hall–Kier alpha value is -1.14. The number of nitrogens with zero attached hydrogens (tertiary/aromatic N) is 1. The maximum atomic E-state index is 12.0. The number of rotatable bonds is 4. The number of aromatic nitrogens is 1. The molecule has 0 aliphatic carbocycles. The zero-order valence-corrected chi connectivity index (χ0v) is 11.3. The van der Waals surface area contributed by atoms with Gasteiger partial charge in [-0.05, 0) is 44.0 Å². The second kappa shape index (κ2) is 5.67. The average Bonchev–Trinajstić information content (AvgIpc) is 2.28. The summed E-state index contributed by atoms with van der Waals surface area (Å²) in [5.74, 6) is 0.508. The Bertz CT molecular complexity index is 496. The van der Waals surface area contributed by atoms with Crippen molar-refractivity contribution in [3.63, 3.8) is 0 Å². The first-order chi connectivity index (χ1) is 8.55. The quantitative estimate of drug-likeness (QED) is 0.863. The predicted molar refractivity (Wildman–Crippen MR) is 72.0 cm³/mol. The summed E-state index contributed by atoms with van der Waals surface area (Å²) in [6.45, 7) is 2.81. The molecular formula is C12H19N3O2S. The lowest BCUT2D eigenvalue weighted by atomic mass is 10.1. The fourth-order valence-corrected chi connectivity index (χ4v) is 3.45. The Labute approximate surface area is 108 Å². The summed E-state index contributed by atoms with van der Waals surface area (Å²) in [5.41, 5.74) is 0.985. The molecule has 2 rings (SSSR count). The summed E-state index contributed by atoms with van der Waals surface area (Å²) < 4.78 is 26.5. The van der Waals surface area contributed by atoms with Gasteiger partial charge in [-0.3, -0.25) is 4.72 Å². The molecule has 1 aliphatic heterocycles. The van der Waals surface area contributed by atoms with Crippen molar-refractivity contribution in [2.45, 2.75) is 32.2 Å². The predicted octanol–water partition coefficient (Wildman–Crippen LogP) is 1.27. The first kappa shape index (κ1) is 13.3. The largest absolute Gasteiger partial charge is 0.313 e. The standard InChI is InChI=1S/C12H19N3O2S/c1-10-5-7-14-12(8-10)15-18(16,17)9-11-4-2-3-6-13-11/h5,7-8,11,13H,2-4,6,9H2,1H3,(H,14,15). The molecule has 0 amide bonds. The van der Waals surface area contributed by atoms with Gasteiger partial charge in [0.1, 0.15) is 5.82 Å². The fraction of sp³-hybridized carbons (Fsp3) is 0.583. The van der Waals surface area contributed by atoms with Crippen LogP contribution < -0.4 is 10.0 Å². The molecule has 0 saturated carbocycles. The summed E-state index contributed by atoms with van der Waals surface area (Å²) >= 11 is 0. The number of nitrogens with one attached hydrogen (secondary N) is 2. The lowest BCUT2D eigenvalue weighted by Gasteiger charge is -2.23. The van der Waals surface area contributed by atoms with Gasteiger partial charge in [0, 0.05) is 12.2 Å². The van der Waals surface area contributed by atoms with Crippen LogP contribution in [0.2, 0.25) is 0 Å². The smallest absolute Gasteiger partial charge is 0.235 e. The number of aryl methyl sites for hydroxylation is 1. The van der Waals surface area contributed by atoms with Crippen LogP contribution in [0.4, 0.5) is 5.82 Å². The third-order valence-electron chi connectivity index (χ3n) is 3.01. The molecule has 1 atom stereocenters. The number of sulfonamides is 1. The van der Waals surface area contributed by atoms with E-state index >= 15 is 0 Å². The van der Waals surface area contributed by atoms with E-state index in [-0.39, 0.29) is 11.8 Å². The molecule has 1 aromatic heterocycles. The Balaban J connectivity index is 1.98. The van der Waals surface area contributed by atoms with Crippen molar-refractivity contribution in [1.29, 1.82) is 0 Å². The summed E-state index contributed by atoms with van der Waals surface area (Å²) in [6, 6.07) is 3.62. The molecule has 0 radical (unpaired) electrons. The van der Waals surface area contributed by atoms with Gasteiger partial charge in [0.05, 0.1) is 5.75 Å². The topological polar surface area (TPSA) is 71.1 Å². The van der Waals surface area contributed by atoms with Crippen LogP contribution in [0.1, 0.15) is 24.8 Å². The highest BCUT2D eigenvalue weighted by Gasteiger charge is 2.21. The van der Waals surface area contributed by atoms with E-state index in [4.69, 9.17) is 0 Å². The number of pyridine rings is 1. The number of piperidine rings is 1. The zero-order chi connectivity index (χ0) is 13.0. The number of anilines is 1. The molecule has 5 nitrogen and oxygen atoms in total. The fourth-order valence-electron chi connectivity index (χ4n) is 2.12. The molecule has 2 heterocycles. The van der Waals surface area contributed by atoms with Crippen molar-refractivity contribution >= 4 is 15.8 Å². The maximum absolute atomic E-state index is 12.0. The molecule has 1 aliphatic rings. The van der Waals surface area contributed by atoms with Crippen molar-refractivity contribution < 1.29 is 8.42 Å². The second-order valence-electron chi connectivity index (χ2n) is 4.75. The number of hydrogen-bond acceptors (Lipinski definition) is 4. The van der Waals surface area contributed by atoms with E-state index in [1.54, 1.807) is 12.3 Å². The summed E-state index contributed by atoms with van der Waals surface area (Å²) in [4.78, 5) is 4.01. The van der Waals surface area contributed by atoms with E-state index in [0.717, 1.165) is 31.4 Å². The molecule has 6 heteroatoms. The summed E-state index contributed by atoms with van der Waals surface area (Å²) in [6.07, 6.45) is 4.74. The van der Waals surface area contributed by atoms with Gasteiger partial charge in [-0.15, -0.1) is 0 Å². The Morgan fingerprint density at radius 1 is 1.50 bits per heavy atom. The van der Waals surface area contributed by atoms with Crippen LogP contribution in [-0.2, 0) is 10.0 Å². The van der Waals surface area contributed by atoms with Crippen molar-refractivity contribution in [2.75, 3.05) is 17.0 Å². The van der Waals surface area contributed by atoms with Gasteiger partial charge in [-0.25, -0.2) is 13.4 Å². The van der Waals surface area contributed by atoms with E-state index in [9.17, 15) is 8.42 Å². The van der Waals surface area contributed by atoms with E-state index in [1.165, 1.54) is 0 Å². The van der Waals surface area contributed by atoms with Crippen molar-refractivity contribution in [1.82, 2.24) is 10.3 Å². The van der Waals surface area contributed by atoms with E-state index in [2.05, 4.69) is 15.0 Å². The molecule has 2 N–H and O–H groups in total. The van der Waals surface area contributed by atoms with E-state index in [0.29, 0.717) is 5.82 Å². The SMILES string of the molecule is Cc1ccnc(NS(=O)(=O)CC2CCCCN2)c1. The first-order valence-corrected chi connectivity index (χ1v) is 7.87. The third-order valence-corrected chi connectivity index (χ3v) is 4.37. The van der Waals surface area contributed by atoms with Crippen LogP contribution in [0.5, 0.6) is 0 Å². The van der Waals surface area contributed by atoms with Gasteiger partial charge in [0.15, 0.2) is 0 Å². The van der Waals surface area contributed by atoms with E-state index < -0.39 is 10.0 Å². The van der Waals surface area contributed by atoms with Gasteiger partial charge in [-0.2, -0.15) is 0 Å². The lowest BCUT2D eigenvalue weighted by molar-refractivity contribution is 0.424. The van der Waals surface area contributed by atoms with Crippen LogP contribution in [0.25, 0.3) is 0 Å². The maximum Gasteiger partial charge on any atom is 0.235 e. The monoisotopic (exact) mass is 269 g/mol. The minimum absolute atomic E-state index is 0.0565. The van der Waals surface area contributed by atoms with Crippen LogP contribution in [0, 0.1) is 6.92 Å². The molecule has 1 saturated heterocycles. The van der Waals surface area contributed by atoms with Crippen LogP contribution in [0.3, 0.4) is 0 Å². The molecule has 18 heavy (non-hydrogen) atoms. The van der Waals surface area contributed by atoms with Gasteiger partial charge in [0.2, 0.25) is 10.0 Å².